The fourth-order valence-corrected chi connectivity index (χ4v) is 7.46. The van der Waals surface area contributed by atoms with Gasteiger partial charge >= 0.3 is 0 Å². The SMILES string of the molecule is c1ccc(-c2cccc(N(c3ccc(-c4ccccc4-c4ccccc4)cc3)c3cccc(-c4cccc(-c5cccc6ccccc56)c4)c3)c2)cc1. The van der Waals surface area contributed by atoms with Crippen molar-refractivity contribution in [1.82, 2.24) is 0 Å². The van der Waals surface area contributed by atoms with Gasteiger partial charge in [-0.1, -0.05) is 182 Å². The van der Waals surface area contributed by atoms with Crippen LogP contribution in [-0.4, -0.2) is 0 Å². The molecule has 9 rings (SSSR count). The predicted molar refractivity (Wildman–Crippen MR) is 226 cm³/mol. The Labute approximate surface area is 311 Å². The second-order valence-corrected chi connectivity index (χ2v) is 13.4. The van der Waals surface area contributed by atoms with Crippen LogP contribution in [0.4, 0.5) is 17.1 Å². The highest BCUT2D eigenvalue weighted by Gasteiger charge is 2.16. The van der Waals surface area contributed by atoms with Crippen LogP contribution in [0.5, 0.6) is 0 Å². The van der Waals surface area contributed by atoms with E-state index in [1.807, 2.05) is 0 Å². The van der Waals surface area contributed by atoms with Crippen molar-refractivity contribution >= 4 is 27.8 Å². The molecule has 1 nitrogen and oxygen atoms in total. The average molecular weight is 676 g/mol. The lowest BCUT2D eigenvalue weighted by Crippen LogP contribution is -2.10. The van der Waals surface area contributed by atoms with Crippen LogP contribution in [0.2, 0.25) is 0 Å². The molecule has 0 heterocycles. The third-order valence-electron chi connectivity index (χ3n) is 10.1. The molecule has 0 fully saturated rings. The predicted octanol–water partition coefficient (Wildman–Crippen LogP) is 14.6. The first-order valence-electron chi connectivity index (χ1n) is 18.2. The fourth-order valence-electron chi connectivity index (χ4n) is 7.46. The highest BCUT2D eigenvalue weighted by atomic mass is 15.1. The minimum absolute atomic E-state index is 1.10. The summed E-state index contributed by atoms with van der Waals surface area (Å²) in [7, 11) is 0. The zero-order valence-corrected chi connectivity index (χ0v) is 29.3. The van der Waals surface area contributed by atoms with Crippen LogP contribution in [0.15, 0.2) is 224 Å². The Balaban J connectivity index is 1.14. The van der Waals surface area contributed by atoms with E-state index in [0.717, 1.165) is 17.1 Å². The van der Waals surface area contributed by atoms with Gasteiger partial charge in [-0.15, -0.1) is 0 Å². The second kappa shape index (κ2) is 14.3. The minimum atomic E-state index is 1.10. The molecule has 0 atom stereocenters. The first kappa shape index (κ1) is 32.0. The molecule has 0 amide bonds. The van der Waals surface area contributed by atoms with Crippen molar-refractivity contribution in [3.63, 3.8) is 0 Å². The molecule has 0 aliphatic carbocycles. The van der Waals surface area contributed by atoms with Crippen molar-refractivity contribution in [2.24, 2.45) is 0 Å². The largest absolute Gasteiger partial charge is 0.310 e. The highest BCUT2D eigenvalue weighted by Crippen LogP contribution is 2.40. The Morgan fingerprint density at radius 2 is 0.660 bits per heavy atom. The first-order chi connectivity index (χ1) is 26.3. The molecule has 0 aliphatic heterocycles. The van der Waals surface area contributed by atoms with Crippen molar-refractivity contribution in [2.75, 3.05) is 4.90 Å². The molecule has 0 saturated heterocycles. The summed E-state index contributed by atoms with van der Waals surface area (Å²) in [5, 5.41) is 2.51. The Morgan fingerprint density at radius 1 is 0.226 bits per heavy atom. The quantitative estimate of drug-likeness (QED) is 0.155. The maximum absolute atomic E-state index is 2.37. The Morgan fingerprint density at radius 3 is 1.34 bits per heavy atom. The van der Waals surface area contributed by atoms with Crippen LogP contribution in [-0.2, 0) is 0 Å². The Hall–Kier alpha value is -6.96. The lowest BCUT2D eigenvalue weighted by molar-refractivity contribution is 1.28. The number of anilines is 3. The molecule has 0 aliphatic rings. The molecule has 0 aromatic heterocycles. The normalized spacial score (nSPS) is 11.0. The van der Waals surface area contributed by atoms with Crippen molar-refractivity contribution < 1.29 is 0 Å². The molecule has 53 heavy (non-hydrogen) atoms. The third kappa shape index (κ3) is 6.53. The van der Waals surface area contributed by atoms with Gasteiger partial charge < -0.3 is 4.90 Å². The topological polar surface area (TPSA) is 3.24 Å². The maximum atomic E-state index is 2.37. The molecule has 250 valence electrons. The van der Waals surface area contributed by atoms with Crippen molar-refractivity contribution in [1.29, 1.82) is 0 Å². The number of hydrogen-bond acceptors (Lipinski definition) is 1. The lowest BCUT2D eigenvalue weighted by atomic mass is 9.94. The highest BCUT2D eigenvalue weighted by molar-refractivity contribution is 5.97. The zero-order chi connectivity index (χ0) is 35.4. The summed E-state index contributed by atoms with van der Waals surface area (Å²) in [6.45, 7) is 0. The second-order valence-electron chi connectivity index (χ2n) is 13.4. The van der Waals surface area contributed by atoms with Crippen LogP contribution in [0.25, 0.3) is 66.4 Å². The van der Waals surface area contributed by atoms with Gasteiger partial charge in [0.2, 0.25) is 0 Å². The van der Waals surface area contributed by atoms with E-state index in [0.29, 0.717) is 0 Å². The monoisotopic (exact) mass is 675 g/mol. The molecule has 1 heteroatoms. The van der Waals surface area contributed by atoms with Crippen molar-refractivity contribution in [3.8, 4) is 55.6 Å². The summed E-state index contributed by atoms with van der Waals surface area (Å²) in [6.07, 6.45) is 0. The van der Waals surface area contributed by atoms with Crippen LogP contribution < -0.4 is 4.90 Å². The Bertz CT molecular complexity index is 2650. The van der Waals surface area contributed by atoms with Crippen molar-refractivity contribution in [2.45, 2.75) is 0 Å². The molecule has 0 saturated carbocycles. The van der Waals surface area contributed by atoms with E-state index in [4.69, 9.17) is 0 Å². The zero-order valence-electron chi connectivity index (χ0n) is 29.3. The number of hydrogen-bond donors (Lipinski definition) is 0. The average Bonchev–Trinajstić information content (AvgIpc) is 3.25. The van der Waals surface area contributed by atoms with Gasteiger partial charge in [0.15, 0.2) is 0 Å². The minimum Gasteiger partial charge on any atom is -0.310 e. The maximum Gasteiger partial charge on any atom is 0.0467 e. The van der Waals surface area contributed by atoms with Gasteiger partial charge in [0.25, 0.3) is 0 Å². The van der Waals surface area contributed by atoms with Gasteiger partial charge in [0, 0.05) is 17.1 Å². The van der Waals surface area contributed by atoms with Gasteiger partial charge in [-0.3, -0.25) is 0 Å². The van der Waals surface area contributed by atoms with Gasteiger partial charge in [0.05, 0.1) is 0 Å². The third-order valence-corrected chi connectivity index (χ3v) is 10.1. The number of fused-ring (bicyclic) bond motifs is 1. The summed E-state index contributed by atoms with van der Waals surface area (Å²) in [4.78, 5) is 2.37. The van der Waals surface area contributed by atoms with Crippen LogP contribution in [0.3, 0.4) is 0 Å². The molecule has 0 unspecified atom stereocenters. The molecule has 0 spiro atoms. The van der Waals surface area contributed by atoms with Crippen LogP contribution in [0, 0.1) is 0 Å². The van der Waals surface area contributed by atoms with E-state index in [1.165, 1.54) is 66.4 Å². The van der Waals surface area contributed by atoms with E-state index in [2.05, 4.69) is 229 Å². The van der Waals surface area contributed by atoms with Crippen molar-refractivity contribution in [3.05, 3.63) is 224 Å². The van der Waals surface area contributed by atoms with Crippen LogP contribution in [0.1, 0.15) is 0 Å². The van der Waals surface area contributed by atoms with Crippen LogP contribution >= 0.6 is 0 Å². The number of nitrogens with zero attached hydrogens (tertiary/aromatic N) is 1. The lowest BCUT2D eigenvalue weighted by Gasteiger charge is -2.27. The van der Waals surface area contributed by atoms with Gasteiger partial charge in [0.1, 0.15) is 0 Å². The van der Waals surface area contributed by atoms with E-state index in [9.17, 15) is 0 Å². The summed E-state index contributed by atoms with van der Waals surface area (Å²) >= 11 is 0. The number of benzene rings is 9. The van der Waals surface area contributed by atoms with E-state index < -0.39 is 0 Å². The standard InChI is InChI=1S/C52H37N/c1-3-15-38(16-4-1)43-22-12-25-47(36-43)53(46-33-31-41(32-34-46)51-29-10-9-28-49(51)39-17-5-2-6-18-39)48-26-13-23-44(37-48)42-21-11-24-45(35-42)52-30-14-20-40-19-7-8-27-50(40)52/h1-37H. The summed E-state index contributed by atoms with van der Waals surface area (Å²) < 4.78 is 0. The summed E-state index contributed by atoms with van der Waals surface area (Å²) in [5.41, 5.74) is 15.3. The van der Waals surface area contributed by atoms with Gasteiger partial charge in [-0.05, 0) is 109 Å². The van der Waals surface area contributed by atoms with E-state index >= 15 is 0 Å². The molecule has 0 radical (unpaired) electrons. The molecular weight excluding hydrogens is 639 g/mol. The molecular formula is C52H37N. The summed E-state index contributed by atoms with van der Waals surface area (Å²) in [5.74, 6) is 0. The molecule has 0 bridgehead atoms. The number of rotatable bonds is 8. The Kier molecular flexibility index (Phi) is 8.66. The van der Waals surface area contributed by atoms with Gasteiger partial charge in [-0.2, -0.15) is 0 Å². The molecule has 0 N–H and O–H groups in total. The van der Waals surface area contributed by atoms with E-state index in [1.54, 1.807) is 0 Å². The first-order valence-corrected chi connectivity index (χ1v) is 18.2. The smallest absolute Gasteiger partial charge is 0.0467 e. The van der Waals surface area contributed by atoms with E-state index in [-0.39, 0.29) is 0 Å². The fraction of sp³-hybridized carbons (Fsp3) is 0. The summed E-state index contributed by atoms with van der Waals surface area (Å²) in [6, 6.07) is 80.8. The van der Waals surface area contributed by atoms with Gasteiger partial charge in [-0.25, -0.2) is 0 Å². The molecule has 9 aromatic carbocycles. The molecule has 9 aromatic rings.